The molecule has 2 aromatic carbocycles. The number of nitrogens with one attached hydrogen (secondary N) is 1. The summed E-state index contributed by atoms with van der Waals surface area (Å²) in [4.78, 5) is 28.2. The van der Waals surface area contributed by atoms with Crippen molar-refractivity contribution in [1.82, 2.24) is 14.8 Å². The van der Waals surface area contributed by atoms with Gasteiger partial charge >= 0.3 is 5.97 Å². The minimum atomic E-state index is -0.468. The van der Waals surface area contributed by atoms with Crippen molar-refractivity contribution in [3.05, 3.63) is 71.8 Å². The average molecular weight is 399 g/mol. The number of carbonyl (C=O) groups is 2. The molecule has 0 saturated carbocycles. The van der Waals surface area contributed by atoms with Crippen LogP contribution in [0.25, 0.3) is 5.69 Å². The molecule has 0 bridgehead atoms. The highest BCUT2D eigenvalue weighted by atomic mass is 35.5. The van der Waals surface area contributed by atoms with E-state index in [-0.39, 0.29) is 18.9 Å². The van der Waals surface area contributed by atoms with E-state index in [1.165, 1.54) is 17.3 Å². The van der Waals surface area contributed by atoms with Crippen LogP contribution in [0.2, 0.25) is 5.02 Å². The number of benzene rings is 2. The Morgan fingerprint density at radius 3 is 2.71 bits per heavy atom. The van der Waals surface area contributed by atoms with E-state index in [0.717, 1.165) is 5.56 Å². The van der Waals surface area contributed by atoms with Crippen molar-refractivity contribution in [2.24, 2.45) is 0 Å². The van der Waals surface area contributed by atoms with E-state index in [0.29, 0.717) is 16.4 Å². The van der Waals surface area contributed by atoms with Crippen LogP contribution in [0.15, 0.2) is 61.2 Å². The molecular formula is C20H19ClN4O3. The summed E-state index contributed by atoms with van der Waals surface area (Å²) in [5.74, 6) is -0.901. The Balaban J connectivity index is 1.56. The fourth-order valence-electron chi connectivity index (χ4n) is 2.68. The molecule has 7 nitrogen and oxygen atoms in total. The summed E-state index contributed by atoms with van der Waals surface area (Å²) in [6.07, 6.45) is 3.08. The first-order valence-electron chi connectivity index (χ1n) is 8.68. The highest BCUT2D eigenvalue weighted by Gasteiger charge is 2.15. The number of amides is 1. The zero-order valence-electron chi connectivity index (χ0n) is 15.2. The van der Waals surface area contributed by atoms with Crippen LogP contribution in [0.5, 0.6) is 0 Å². The third-order valence-electron chi connectivity index (χ3n) is 4.10. The Hall–Kier alpha value is -3.19. The molecule has 0 unspecified atom stereocenters. The number of aromatic nitrogens is 3. The lowest BCUT2D eigenvalue weighted by molar-refractivity contribution is -0.147. The van der Waals surface area contributed by atoms with Crippen LogP contribution in [0.1, 0.15) is 24.8 Å². The first-order chi connectivity index (χ1) is 13.5. The Bertz CT molecular complexity index is 945. The van der Waals surface area contributed by atoms with Crippen molar-refractivity contribution in [3.63, 3.8) is 0 Å². The molecule has 8 heteroatoms. The zero-order chi connectivity index (χ0) is 19.9. The van der Waals surface area contributed by atoms with E-state index in [2.05, 4.69) is 15.4 Å². The second kappa shape index (κ2) is 9.14. The minimum absolute atomic E-state index is 0.00334. The summed E-state index contributed by atoms with van der Waals surface area (Å²) in [7, 11) is 0. The molecule has 1 atom stereocenters. The lowest BCUT2D eigenvalue weighted by Crippen LogP contribution is -2.22. The lowest BCUT2D eigenvalue weighted by atomic mass is 9.98. The predicted molar refractivity (Wildman–Crippen MR) is 105 cm³/mol. The molecule has 0 aliphatic carbocycles. The van der Waals surface area contributed by atoms with E-state index in [9.17, 15) is 9.59 Å². The number of nitrogens with zero attached hydrogens (tertiary/aromatic N) is 3. The van der Waals surface area contributed by atoms with Crippen LogP contribution in [0.3, 0.4) is 0 Å². The van der Waals surface area contributed by atoms with Crippen molar-refractivity contribution in [1.29, 1.82) is 0 Å². The molecule has 3 rings (SSSR count). The topological polar surface area (TPSA) is 86.1 Å². The van der Waals surface area contributed by atoms with Crippen LogP contribution in [-0.2, 0) is 14.3 Å². The van der Waals surface area contributed by atoms with E-state index in [1.807, 2.05) is 37.3 Å². The Kier molecular flexibility index (Phi) is 6.39. The van der Waals surface area contributed by atoms with Gasteiger partial charge in [-0.15, -0.1) is 0 Å². The minimum Gasteiger partial charge on any atom is -0.456 e. The third kappa shape index (κ3) is 5.17. The van der Waals surface area contributed by atoms with Gasteiger partial charge < -0.3 is 10.1 Å². The van der Waals surface area contributed by atoms with Gasteiger partial charge in [0.05, 0.1) is 17.8 Å². The predicted octanol–water partition coefficient (Wildman–Crippen LogP) is 3.60. The standard InChI is InChI=1S/C20H19ClN4O3/c1-14(15-5-3-2-4-6-15)9-20(27)28-11-19(26)24-17-10-16(21)7-8-18(17)25-13-22-12-23-25/h2-8,10,12-14H,9,11H2,1H3,(H,24,26)/t14-/m0/s1. The monoisotopic (exact) mass is 398 g/mol. The van der Waals surface area contributed by atoms with Crippen LogP contribution in [-0.4, -0.2) is 33.2 Å². The molecule has 0 aliphatic heterocycles. The average Bonchev–Trinajstić information content (AvgIpc) is 3.22. The van der Waals surface area contributed by atoms with Gasteiger partial charge in [-0.05, 0) is 29.7 Å². The van der Waals surface area contributed by atoms with Crippen molar-refractivity contribution < 1.29 is 14.3 Å². The maximum atomic E-state index is 12.2. The van der Waals surface area contributed by atoms with Gasteiger partial charge in [0, 0.05) is 5.02 Å². The Labute approximate surface area is 167 Å². The largest absolute Gasteiger partial charge is 0.456 e. The number of hydrogen-bond acceptors (Lipinski definition) is 5. The molecule has 1 heterocycles. The lowest BCUT2D eigenvalue weighted by Gasteiger charge is -2.13. The maximum absolute atomic E-state index is 12.2. The second-order valence-corrected chi connectivity index (χ2v) is 6.66. The number of ether oxygens (including phenoxy) is 1. The molecule has 0 radical (unpaired) electrons. The Morgan fingerprint density at radius 1 is 1.21 bits per heavy atom. The fraction of sp³-hybridized carbons (Fsp3) is 0.200. The summed E-state index contributed by atoms with van der Waals surface area (Å²) in [5, 5.41) is 7.19. The van der Waals surface area contributed by atoms with E-state index in [1.54, 1.807) is 18.2 Å². The summed E-state index contributed by atoms with van der Waals surface area (Å²) in [5.41, 5.74) is 2.08. The zero-order valence-corrected chi connectivity index (χ0v) is 16.0. The number of halogens is 1. The quantitative estimate of drug-likeness (QED) is 0.614. The maximum Gasteiger partial charge on any atom is 0.306 e. The number of rotatable bonds is 7. The molecule has 0 spiro atoms. The smallest absolute Gasteiger partial charge is 0.306 e. The van der Waals surface area contributed by atoms with E-state index in [4.69, 9.17) is 16.3 Å². The third-order valence-corrected chi connectivity index (χ3v) is 4.34. The molecule has 1 aromatic heterocycles. The first-order valence-corrected chi connectivity index (χ1v) is 9.05. The van der Waals surface area contributed by atoms with E-state index < -0.39 is 11.9 Å². The van der Waals surface area contributed by atoms with Crippen molar-refractivity contribution in [2.45, 2.75) is 19.3 Å². The van der Waals surface area contributed by atoms with Gasteiger partial charge in [-0.2, -0.15) is 5.10 Å². The summed E-state index contributed by atoms with van der Waals surface area (Å²) in [6.45, 7) is 1.55. The number of carbonyl (C=O) groups excluding carboxylic acids is 2. The van der Waals surface area contributed by atoms with Gasteiger partial charge in [-0.1, -0.05) is 48.9 Å². The molecule has 28 heavy (non-hydrogen) atoms. The van der Waals surface area contributed by atoms with Gasteiger partial charge in [0.25, 0.3) is 5.91 Å². The van der Waals surface area contributed by atoms with Gasteiger partial charge in [0.2, 0.25) is 0 Å². The van der Waals surface area contributed by atoms with Gasteiger partial charge in [0.1, 0.15) is 12.7 Å². The second-order valence-electron chi connectivity index (χ2n) is 6.23. The van der Waals surface area contributed by atoms with Gasteiger partial charge in [-0.3, -0.25) is 9.59 Å². The number of esters is 1. The Morgan fingerprint density at radius 2 is 2.00 bits per heavy atom. The first kappa shape index (κ1) is 19.6. The fourth-order valence-corrected chi connectivity index (χ4v) is 2.85. The summed E-state index contributed by atoms with van der Waals surface area (Å²) >= 11 is 6.02. The molecule has 0 saturated heterocycles. The molecule has 0 fully saturated rings. The molecular weight excluding hydrogens is 380 g/mol. The van der Waals surface area contributed by atoms with Gasteiger partial charge in [-0.25, -0.2) is 9.67 Å². The SMILES string of the molecule is C[C@@H](CC(=O)OCC(=O)Nc1cc(Cl)ccc1-n1cncn1)c1ccccc1. The molecule has 1 amide bonds. The highest BCUT2D eigenvalue weighted by Crippen LogP contribution is 2.24. The van der Waals surface area contributed by atoms with E-state index >= 15 is 0 Å². The molecule has 0 aliphatic rings. The highest BCUT2D eigenvalue weighted by molar-refractivity contribution is 6.31. The molecule has 144 valence electrons. The normalized spacial score (nSPS) is 11.6. The van der Waals surface area contributed by atoms with Crippen molar-refractivity contribution >= 4 is 29.2 Å². The van der Waals surface area contributed by atoms with Crippen LogP contribution < -0.4 is 5.32 Å². The number of anilines is 1. The van der Waals surface area contributed by atoms with Crippen molar-refractivity contribution in [3.8, 4) is 5.69 Å². The van der Waals surface area contributed by atoms with Crippen molar-refractivity contribution in [2.75, 3.05) is 11.9 Å². The van der Waals surface area contributed by atoms with Crippen LogP contribution >= 0.6 is 11.6 Å². The molecule has 3 aromatic rings. The summed E-state index contributed by atoms with van der Waals surface area (Å²) < 4.78 is 6.61. The van der Waals surface area contributed by atoms with Crippen LogP contribution in [0, 0.1) is 0 Å². The van der Waals surface area contributed by atoms with Gasteiger partial charge in [0.15, 0.2) is 6.61 Å². The molecule has 1 N–H and O–H groups in total. The summed E-state index contributed by atoms with van der Waals surface area (Å²) in [6, 6.07) is 14.6. The number of hydrogen-bond donors (Lipinski definition) is 1. The van der Waals surface area contributed by atoms with Crippen LogP contribution in [0.4, 0.5) is 5.69 Å².